The molecule has 0 N–H and O–H groups in total. The second kappa shape index (κ2) is 10.7. The van der Waals surface area contributed by atoms with Crippen LogP contribution in [0.15, 0.2) is 12.1 Å². The van der Waals surface area contributed by atoms with Crippen LogP contribution in [0.4, 0.5) is 0 Å². The normalized spacial score (nSPS) is 21.4. The Morgan fingerprint density at radius 2 is 1.82 bits per heavy atom. The third kappa shape index (κ3) is 5.53. The number of methoxy groups -OCH3 is 1. The van der Waals surface area contributed by atoms with E-state index in [1.807, 2.05) is 38.7 Å². The average molecular weight is 434 g/mol. The lowest BCUT2D eigenvalue weighted by Gasteiger charge is -2.34. The molecule has 2 heterocycles. The maximum atomic E-state index is 12.6. The molecule has 0 aromatic heterocycles. The van der Waals surface area contributed by atoms with Crippen LogP contribution < -0.4 is 4.74 Å². The van der Waals surface area contributed by atoms with Crippen molar-refractivity contribution in [3.63, 3.8) is 0 Å². The Balaban J connectivity index is 0.00000127. The molecule has 2 saturated heterocycles. The first-order valence-corrected chi connectivity index (χ1v) is 10.2. The first kappa shape index (κ1) is 25.0. The second-order valence-electron chi connectivity index (χ2n) is 6.89. The van der Waals surface area contributed by atoms with Gasteiger partial charge in [0.15, 0.2) is 11.9 Å². The Bertz CT molecular complexity index is 658. The van der Waals surface area contributed by atoms with Gasteiger partial charge in [-0.1, -0.05) is 44.5 Å². The van der Waals surface area contributed by atoms with Crippen molar-refractivity contribution in [2.24, 2.45) is 0 Å². The molecule has 28 heavy (non-hydrogen) atoms. The number of halogens is 2. The van der Waals surface area contributed by atoms with Crippen molar-refractivity contribution in [2.45, 2.75) is 65.8 Å². The highest BCUT2D eigenvalue weighted by atomic mass is 35.5. The molecule has 160 valence electrons. The minimum Gasteiger partial charge on any atom is -0.496 e. The summed E-state index contributed by atoms with van der Waals surface area (Å²) in [4.78, 5) is 14.5. The summed E-state index contributed by atoms with van der Waals surface area (Å²) in [5, 5.41) is 1.06. The van der Waals surface area contributed by atoms with E-state index >= 15 is 0 Å². The first-order valence-electron chi connectivity index (χ1n) is 9.45. The van der Waals surface area contributed by atoms with Gasteiger partial charge in [0.2, 0.25) is 0 Å². The molecule has 2 aliphatic heterocycles. The van der Waals surface area contributed by atoms with Crippen LogP contribution in [0.2, 0.25) is 10.0 Å². The van der Waals surface area contributed by atoms with E-state index in [1.165, 1.54) is 0 Å². The number of ether oxygens (including phenoxy) is 3. The van der Waals surface area contributed by atoms with E-state index in [9.17, 15) is 4.79 Å². The Morgan fingerprint density at radius 1 is 1.21 bits per heavy atom. The van der Waals surface area contributed by atoms with E-state index in [1.54, 1.807) is 13.2 Å². The fourth-order valence-electron chi connectivity index (χ4n) is 3.51. The van der Waals surface area contributed by atoms with Gasteiger partial charge >= 0.3 is 0 Å². The fraction of sp³-hybridized carbons (Fsp3) is 0.667. The largest absolute Gasteiger partial charge is 0.496 e. The molecule has 1 unspecified atom stereocenters. The number of amides is 1. The first-order chi connectivity index (χ1) is 12.8. The van der Waals surface area contributed by atoms with E-state index in [0.29, 0.717) is 29.7 Å². The zero-order valence-electron chi connectivity index (χ0n) is 16.7. The summed E-state index contributed by atoms with van der Waals surface area (Å²) in [7, 11) is 1.63. The van der Waals surface area contributed by atoms with Crippen LogP contribution in [-0.2, 0) is 14.3 Å². The molecule has 0 saturated carbocycles. The number of likely N-dealkylation sites (tertiary alicyclic amines) is 1. The van der Waals surface area contributed by atoms with Gasteiger partial charge in [-0.15, -0.1) is 0 Å². The lowest BCUT2D eigenvalue weighted by Crippen LogP contribution is -2.44. The molecule has 2 fully saturated rings. The van der Waals surface area contributed by atoms with Gasteiger partial charge in [-0.25, -0.2) is 0 Å². The van der Waals surface area contributed by atoms with E-state index < -0.39 is 11.9 Å². The summed E-state index contributed by atoms with van der Waals surface area (Å²) in [6.07, 6.45) is 1.09. The third-order valence-electron chi connectivity index (χ3n) is 4.81. The minimum atomic E-state index is -0.694. The highest BCUT2D eigenvalue weighted by Gasteiger charge is 2.40. The topological polar surface area (TPSA) is 48.0 Å². The van der Waals surface area contributed by atoms with Gasteiger partial charge in [-0.05, 0) is 44.7 Å². The molecule has 5 nitrogen and oxygen atoms in total. The van der Waals surface area contributed by atoms with Crippen LogP contribution >= 0.6 is 23.2 Å². The quantitative estimate of drug-likeness (QED) is 0.629. The van der Waals surface area contributed by atoms with Gasteiger partial charge in [0.25, 0.3) is 5.91 Å². The molecule has 0 aliphatic carbocycles. The summed E-state index contributed by atoms with van der Waals surface area (Å²) in [6.45, 7) is 9.24. The minimum absolute atomic E-state index is 0. The number of hydrogen-bond donors (Lipinski definition) is 0. The van der Waals surface area contributed by atoms with Crippen molar-refractivity contribution >= 4 is 29.1 Å². The SMILES string of the molecule is C.CC.COc1ccc(Cl)c(Cl)c1C1CCN(C(=O)C2COC(C)(C)O2)CC1. The Labute approximate surface area is 179 Å². The standard InChI is InChI=1S/C18H23Cl2NO4.C2H6.CH4/c1-18(2)24-10-14(25-18)17(22)21-8-6-11(7-9-21)15-13(23-3)5-4-12(19)16(15)20;1-2;/h4-5,11,14H,6-10H2,1-3H3;1-2H3;1H4. The van der Waals surface area contributed by atoms with Gasteiger partial charge in [-0.3, -0.25) is 4.79 Å². The number of nitrogens with zero attached hydrogens (tertiary/aromatic N) is 1. The molecule has 0 spiro atoms. The predicted molar refractivity (Wildman–Crippen MR) is 115 cm³/mol. The number of piperidine rings is 1. The number of benzene rings is 1. The molecule has 7 heteroatoms. The Morgan fingerprint density at radius 3 is 2.32 bits per heavy atom. The van der Waals surface area contributed by atoms with Gasteiger partial charge < -0.3 is 19.1 Å². The lowest BCUT2D eigenvalue weighted by molar-refractivity contribution is -0.160. The van der Waals surface area contributed by atoms with Gasteiger partial charge in [0.05, 0.1) is 23.8 Å². The molecule has 1 amide bonds. The molecule has 1 atom stereocenters. The average Bonchev–Trinajstić information content (AvgIpc) is 3.05. The molecular formula is C21H33Cl2NO4. The predicted octanol–water partition coefficient (Wildman–Crippen LogP) is 5.52. The van der Waals surface area contributed by atoms with Crippen LogP contribution in [0.3, 0.4) is 0 Å². The molecule has 3 rings (SSSR count). The van der Waals surface area contributed by atoms with E-state index in [2.05, 4.69) is 0 Å². The van der Waals surface area contributed by atoms with Crippen LogP contribution in [0.5, 0.6) is 5.75 Å². The van der Waals surface area contributed by atoms with E-state index in [4.69, 9.17) is 37.4 Å². The highest BCUT2D eigenvalue weighted by molar-refractivity contribution is 6.42. The number of hydrogen-bond acceptors (Lipinski definition) is 4. The maximum Gasteiger partial charge on any atom is 0.254 e. The summed E-state index contributed by atoms with van der Waals surface area (Å²) in [5.41, 5.74) is 0.936. The zero-order chi connectivity index (χ0) is 20.2. The van der Waals surface area contributed by atoms with E-state index in [-0.39, 0.29) is 19.3 Å². The Hall–Kier alpha value is -1.01. The van der Waals surface area contributed by atoms with Crippen LogP contribution in [0, 0.1) is 0 Å². The van der Waals surface area contributed by atoms with Gasteiger partial charge in [0, 0.05) is 18.7 Å². The van der Waals surface area contributed by atoms with Crippen LogP contribution in [0.25, 0.3) is 0 Å². The summed E-state index contributed by atoms with van der Waals surface area (Å²) in [6, 6.07) is 3.58. The van der Waals surface area contributed by atoms with Crippen LogP contribution in [0.1, 0.15) is 59.4 Å². The smallest absolute Gasteiger partial charge is 0.254 e. The number of rotatable bonds is 3. The van der Waals surface area contributed by atoms with Crippen molar-refractivity contribution in [2.75, 3.05) is 26.8 Å². The summed E-state index contributed by atoms with van der Waals surface area (Å²) in [5.74, 6) is 0.254. The second-order valence-corrected chi connectivity index (χ2v) is 7.68. The molecule has 2 aliphatic rings. The van der Waals surface area contributed by atoms with Gasteiger partial charge in [-0.2, -0.15) is 0 Å². The highest BCUT2D eigenvalue weighted by Crippen LogP contribution is 2.42. The molecule has 1 aromatic carbocycles. The van der Waals surface area contributed by atoms with Gasteiger partial charge in [0.1, 0.15) is 5.75 Å². The molecule has 1 aromatic rings. The Kier molecular flexibility index (Phi) is 9.54. The van der Waals surface area contributed by atoms with Crippen molar-refractivity contribution in [1.29, 1.82) is 0 Å². The van der Waals surface area contributed by atoms with Crippen molar-refractivity contribution in [3.8, 4) is 5.75 Å². The summed E-state index contributed by atoms with van der Waals surface area (Å²) >= 11 is 12.6. The summed E-state index contributed by atoms with van der Waals surface area (Å²) < 4.78 is 16.6. The van der Waals surface area contributed by atoms with Crippen molar-refractivity contribution in [1.82, 2.24) is 4.90 Å². The molecular weight excluding hydrogens is 401 g/mol. The number of carbonyl (C=O) groups excluding carboxylic acids is 1. The lowest BCUT2D eigenvalue weighted by atomic mass is 9.88. The van der Waals surface area contributed by atoms with Crippen molar-refractivity contribution in [3.05, 3.63) is 27.7 Å². The zero-order valence-corrected chi connectivity index (χ0v) is 18.2. The molecule has 0 radical (unpaired) electrons. The monoisotopic (exact) mass is 433 g/mol. The van der Waals surface area contributed by atoms with E-state index in [0.717, 1.165) is 24.2 Å². The third-order valence-corrected chi connectivity index (χ3v) is 5.63. The fourth-order valence-corrected chi connectivity index (χ4v) is 3.98. The maximum absolute atomic E-state index is 12.6. The number of carbonyl (C=O) groups is 1. The van der Waals surface area contributed by atoms with Crippen molar-refractivity contribution < 1.29 is 19.0 Å². The van der Waals surface area contributed by atoms with Crippen LogP contribution in [-0.4, -0.2) is 49.5 Å². The molecule has 0 bridgehead atoms.